The lowest BCUT2D eigenvalue weighted by atomic mass is 9.53. The number of carbonyl (C=O) groups excluding carboxylic acids is 2. The molecular formula is C29H36N2O7S. The van der Waals surface area contributed by atoms with Crippen molar-refractivity contribution in [2.75, 3.05) is 31.2 Å². The summed E-state index contributed by atoms with van der Waals surface area (Å²) in [6.45, 7) is 1.67. The molecule has 1 amide bonds. The molecule has 0 atom stereocenters. The minimum atomic E-state index is -3.77. The number of carbonyl (C=O) groups is 2. The number of sulfonamides is 1. The molecule has 0 unspecified atom stereocenters. The third-order valence-electron chi connectivity index (χ3n) is 8.16. The molecule has 39 heavy (non-hydrogen) atoms. The number of rotatable bonds is 11. The van der Waals surface area contributed by atoms with E-state index in [4.69, 9.17) is 14.2 Å². The molecule has 4 fully saturated rings. The first-order chi connectivity index (χ1) is 18.7. The van der Waals surface area contributed by atoms with E-state index in [1.807, 2.05) is 6.92 Å². The fourth-order valence-electron chi connectivity index (χ4n) is 6.85. The van der Waals surface area contributed by atoms with Gasteiger partial charge in [-0.05, 0) is 112 Å². The second kappa shape index (κ2) is 11.1. The number of nitrogens with zero attached hydrogens (tertiary/aromatic N) is 1. The van der Waals surface area contributed by atoms with Crippen molar-refractivity contribution in [1.29, 1.82) is 0 Å². The second-order valence-corrected chi connectivity index (χ2v) is 13.0. The number of esters is 1. The van der Waals surface area contributed by atoms with Gasteiger partial charge >= 0.3 is 5.97 Å². The van der Waals surface area contributed by atoms with Crippen molar-refractivity contribution in [3.05, 3.63) is 48.5 Å². The lowest BCUT2D eigenvalue weighted by Crippen LogP contribution is -2.60. The third-order valence-corrected chi connectivity index (χ3v) is 9.96. The SMILES string of the molecule is CCOc1ccc(S(=O)(=O)N(C)c2ccc(OCC(=O)OCC(=O)NC34CC5CC(CC(C5)C3)C4)cc2)cc1. The number of nitrogens with one attached hydrogen (secondary N) is 1. The standard InChI is InChI=1S/C29H36N2O7S/c1-3-36-24-8-10-26(11-9-24)39(34,35)31(2)23-4-6-25(7-5-23)37-19-28(33)38-18-27(32)30-29-15-20-12-21(16-29)14-22(13-20)17-29/h4-11,20-22H,3,12-19H2,1-2H3,(H,30,32). The number of benzene rings is 2. The maximum atomic E-state index is 13.0. The summed E-state index contributed by atoms with van der Waals surface area (Å²) >= 11 is 0. The Morgan fingerprint density at radius 2 is 1.41 bits per heavy atom. The first-order valence-electron chi connectivity index (χ1n) is 13.6. The molecule has 0 saturated heterocycles. The summed E-state index contributed by atoms with van der Waals surface area (Å²) in [4.78, 5) is 24.9. The molecular weight excluding hydrogens is 520 g/mol. The van der Waals surface area contributed by atoms with Crippen LogP contribution in [0.15, 0.2) is 53.4 Å². The lowest BCUT2D eigenvalue weighted by Gasteiger charge is -2.56. The van der Waals surface area contributed by atoms with E-state index < -0.39 is 16.0 Å². The largest absolute Gasteiger partial charge is 0.494 e. The van der Waals surface area contributed by atoms with Gasteiger partial charge in [0.05, 0.1) is 17.2 Å². The van der Waals surface area contributed by atoms with Gasteiger partial charge in [-0.25, -0.2) is 13.2 Å². The van der Waals surface area contributed by atoms with Gasteiger partial charge in [0.2, 0.25) is 0 Å². The van der Waals surface area contributed by atoms with E-state index in [9.17, 15) is 18.0 Å². The molecule has 4 bridgehead atoms. The zero-order valence-electron chi connectivity index (χ0n) is 22.4. The normalized spacial score (nSPS) is 25.1. The zero-order chi connectivity index (χ0) is 27.6. The van der Waals surface area contributed by atoms with Gasteiger partial charge in [0.15, 0.2) is 13.2 Å². The maximum absolute atomic E-state index is 13.0. The van der Waals surface area contributed by atoms with Crippen LogP contribution in [0, 0.1) is 17.8 Å². The lowest BCUT2D eigenvalue weighted by molar-refractivity contribution is -0.151. The molecule has 4 aliphatic carbocycles. The van der Waals surface area contributed by atoms with Gasteiger partial charge in [0.25, 0.3) is 15.9 Å². The first-order valence-corrected chi connectivity index (χ1v) is 15.0. The highest BCUT2D eigenvalue weighted by Gasteiger charge is 2.51. The van der Waals surface area contributed by atoms with Crippen LogP contribution < -0.4 is 19.1 Å². The van der Waals surface area contributed by atoms with Gasteiger partial charge in [-0.1, -0.05) is 0 Å². The molecule has 0 heterocycles. The topological polar surface area (TPSA) is 111 Å². The van der Waals surface area contributed by atoms with E-state index in [0.717, 1.165) is 19.3 Å². The molecule has 4 saturated carbocycles. The van der Waals surface area contributed by atoms with Crippen LogP contribution in [-0.4, -0.2) is 52.7 Å². The highest BCUT2D eigenvalue weighted by atomic mass is 32.2. The number of hydrogen-bond donors (Lipinski definition) is 1. The monoisotopic (exact) mass is 556 g/mol. The van der Waals surface area contributed by atoms with E-state index in [2.05, 4.69) is 5.32 Å². The van der Waals surface area contributed by atoms with Crippen molar-refractivity contribution in [2.45, 2.75) is 55.9 Å². The van der Waals surface area contributed by atoms with E-state index in [-0.39, 0.29) is 29.6 Å². The molecule has 2 aromatic carbocycles. The fraction of sp³-hybridized carbons (Fsp3) is 0.517. The summed E-state index contributed by atoms with van der Waals surface area (Å²) in [5, 5.41) is 3.19. The van der Waals surface area contributed by atoms with E-state index in [1.165, 1.54) is 42.7 Å². The van der Waals surface area contributed by atoms with Crippen LogP contribution in [-0.2, 0) is 24.3 Å². The van der Waals surface area contributed by atoms with Gasteiger partial charge in [-0.3, -0.25) is 9.10 Å². The Morgan fingerprint density at radius 1 is 0.872 bits per heavy atom. The summed E-state index contributed by atoms with van der Waals surface area (Å²) in [5.41, 5.74) is 0.310. The molecule has 10 heteroatoms. The third kappa shape index (κ3) is 6.16. The minimum Gasteiger partial charge on any atom is -0.494 e. The Balaban J connectivity index is 1.08. The first kappa shape index (κ1) is 27.3. The zero-order valence-corrected chi connectivity index (χ0v) is 23.2. The summed E-state index contributed by atoms with van der Waals surface area (Å²) in [5.74, 6) is 2.22. The average molecular weight is 557 g/mol. The Labute approximate surface area is 229 Å². The molecule has 2 aromatic rings. The van der Waals surface area contributed by atoms with Crippen molar-refractivity contribution in [2.24, 2.45) is 17.8 Å². The quantitative estimate of drug-likeness (QED) is 0.418. The van der Waals surface area contributed by atoms with Crippen LogP contribution in [0.2, 0.25) is 0 Å². The highest BCUT2D eigenvalue weighted by Crippen LogP contribution is 2.55. The van der Waals surface area contributed by atoms with E-state index >= 15 is 0 Å². The Morgan fingerprint density at radius 3 is 1.97 bits per heavy atom. The van der Waals surface area contributed by atoms with E-state index in [1.54, 1.807) is 36.4 Å². The molecule has 1 N–H and O–H groups in total. The predicted molar refractivity (Wildman–Crippen MR) is 145 cm³/mol. The number of anilines is 1. The molecule has 0 aliphatic heterocycles. The van der Waals surface area contributed by atoms with Gasteiger partial charge in [0, 0.05) is 12.6 Å². The number of ether oxygens (including phenoxy) is 3. The van der Waals surface area contributed by atoms with Crippen LogP contribution in [0.4, 0.5) is 5.69 Å². The van der Waals surface area contributed by atoms with Crippen molar-refractivity contribution in [1.82, 2.24) is 5.32 Å². The van der Waals surface area contributed by atoms with Gasteiger partial charge in [-0.15, -0.1) is 0 Å². The molecule has 0 radical (unpaired) electrons. The summed E-state index contributed by atoms with van der Waals surface area (Å²) in [6, 6.07) is 12.6. The van der Waals surface area contributed by atoms with Crippen molar-refractivity contribution in [3.8, 4) is 11.5 Å². The second-order valence-electron chi connectivity index (χ2n) is 11.1. The van der Waals surface area contributed by atoms with Crippen LogP contribution in [0.3, 0.4) is 0 Å². The van der Waals surface area contributed by atoms with Gasteiger partial charge in [0.1, 0.15) is 11.5 Å². The summed E-state index contributed by atoms with van der Waals surface area (Å²) in [6.07, 6.45) is 6.98. The minimum absolute atomic E-state index is 0.121. The van der Waals surface area contributed by atoms with Gasteiger partial charge < -0.3 is 19.5 Å². The maximum Gasteiger partial charge on any atom is 0.344 e. The number of hydrogen-bond acceptors (Lipinski definition) is 7. The van der Waals surface area contributed by atoms with Crippen molar-refractivity contribution < 1.29 is 32.2 Å². The predicted octanol–water partition coefficient (Wildman–Crippen LogP) is 3.92. The highest BCUT2D eigenvalue weighted by molar-refractivity contribution is 7.92. The summed E-state index contributed by atoms with van der Waals surface area (Å²) < 4.78 is 43.2. The fourth-order valence-corrected chi connectivity index (χ4v) is 8.04. The number of amides is 1. The molecule has 9 nitrogen and oxygen atoms in total. The summed E-state index contributed by atoms with van der Waals surface area (Å²) in [7, 11) is -2.30. The van der Waals surface area contributed by atoms with Crippen LogP contribution >= 0.6 is 0 Å². The molecule has 0 spiro atoms. The Kier molecular flexibility index (Phi) is 7.75. The molecule has 6 rings (SSSR count). The molecule has 0 aromatic heterocycles. The molecule has 210 valence electrons. The smallest absolute Gasteiger partial charge is 0.344 e. The van der Waals surface area contributed by atoms with Crippen LogP contribution in [0.5, 0.6) is 11.5 Å². The van der Waals surface area contributed by atoms with Gasteiger partial charge in [-0.2, -0.15) is 0 Å². The van der Waals surface area contributed by atoms with Crippen molar-refractivity contribution in [3.63, 3.8) is 0 Å². The van der Waals surface area contributed by atoms with Crippen LogP contribution in [0.1, 0.15) is 45.4 Å². The molecule has 4 aliphatic rings. The average Bonchev–Trinajstić information content (AvgIpc) is 2.90. The van der Waals surface area contributed by atoms with E-state index in [0.29, 0.717) is 41.5 Å². The van der Waals surface area contributed by atoms with Crippen molar-refractivity contribution >= 4 is 27.6 Å². The van der Waals surface area contributed by atoms with Crippen LogP contribution in [0.25, 0.3) is 0 Å². The Bertz CT molecular complexity index is 1260. The Hall–Kier alpha value is -3.27.